The van der Waals surface area contributed by atoms with Gasteiger partial charge < -0.3 is 42.6 Å². The van der Waals surface area contributed by atoms with Crippen LogP contribution in [-0.4, -0.2) is 72.8 Å². The van der Waals surface area contributed by atoms with E-state index < -0.39 is 5.60 Å². The minimum Gasteiger partial charge on any atom is -0.491 e. The predicted octanol–water partition coefficient (Wildman–Crippen LogP) is 18.9. The van der Waals surface area contributed by atoms with Crippen molar-refractivity contribution in [1.82, 2.24) is 0 Å². The number of esters is 3. The fourth-order valence-corrected chi connectivity index (χ4v) is 7.31. The molecular formula is C72H126O12. The van der Waals surface area contributed by atoms with Crippen LogP contribution >= 0.6 is 0 Å². The highest BCUT2D eigenvalue weighted by molar-refractivity contribution is 5.73. The van der Waals surface area contributed by atoms with Crippen LogP contribution in [-0.2, 0) is 61.6 Å². The molecule has 3 aromatic rings. The zero-order valence-electron chi connectivity index (χ0n) is 59.6. The van der Waals surface area contributed by atoms with Crippen molar-refractivity contribution in [3.05, 3.63) is 87.5 Å². The lowest BCUT2D eigenvalue weighted by Gasteiger charge is -2.31. The maximum atomic E-state index is 12.0. The SMILES string of the molecule is CC(C)COC(C)C.CC(C)OC(C)(C)C(C)C.CC(C)OC(C)C(C)C.CC(C)Oc1ccc(COC(=O)C(C)C)cc1.Cc1cc(C)c(C(C)(C)OC(=O)C(C)C)c(OC(C)C)c1.Cc1cc(COC(=O)C(C)C)cc(C)c1OC(C)C. The van der Waals surface area contributed by atoms with Gasteiger partial charge in [-0.15, -0.1) is 0 Å². The second kappa shape index (κ2) is 42.2. The van der Waals surface area contributed by atoms with Gasteiger partial charge in [0.1, 0.15) is 36.1 Å². The Kier molecular flexibility index (Phi) is 42.0. The third kappa shape index (κ3) is 39.9. The predicted molar refractivity (Wildman–Crippen MR) is 350 cm³/mol. The molecule has 0 radical (unpaired) electrons. The first-order chi connectivity index (χ1) is 38.4. The van der Waals surface area contributed by atoms with E-state index >= 15 is 0 Å². The van der Waals surface area contributed by atoms with Gasteiger partial charge in [0.15, 0.2) is 0 Å². The highest BCUT2D eigenvalue weighted by Crippen LogP contribution is 2.38. The zero-order chi connectivity index (χ0) is 66.2. The lowest BCUT2D eigenvalue weighted by molar-refractivity contribution is -0.161. The van der Waals surface area contributed by atoms with Crippen LogP contribution in [0.4, 0.5) is 0 Å². The Balaban J connectivity index is -0.000000972. The third-order valence-corrected chi connectivity index (χ3v) is 12.2. The summed E-state index contributed by atoms with van der Waals surface area (Å²) in [7, 11) is 0. The lowest BCUT2D eigenvalue weighted by atomic mass is 9.91. The Bertz CT molecular complexity index is 2210. The van der Waals surface area contributed by atoms with Crippen LogP contribution in [0.25, 0.3) is 0 Å². The van der Waals surface area contributed by atoms with Gasteiger partial charge in [-0.3, -0.25) is 14.4 Å². The van der Waals surface area contributed by atoms with E-state index in [1.165, 1.54) is 0 Å². The number of benzene rings is 3. The van der Waals surface area contributed by atoms with Crippen LogP contribution < -0.4 is 14.2 Å². The highest BCUT2D eigenvalue weighted by Gasteiger charge is 2.32. The number of hydrogen-bond donors (Lipinski definition) is 0. The average molecular weight is 1180 g/mol. The van der Waals surface area contributed by atoms with Crippen LogP contribution in [0.15, 0.2) is 48.5 Å². The van der Waals surface area contributed by atoms with Crippen LogP contribution in [0.1, 0.15) is 240 Å². The summed E-state index contributed by atoms with van der Waals surface area (Å²) in [5.41, 5.74) is 6.57. The number of carbonyl (C=O) groups excluding carboxylic acids is 3. The first-order valence-corrected chi connectivity index (χ1v) is 31.2. The first-order valence-electron chi connectivity index (χ1n) is 31.2. The molecule has 0 aliphatic carbocycles. The van der Waals surface area contributed by atoms with Crippen molar-refractivity contribution in [3.8, 4) is 17.2 Å². The molecule has 12 heteroatoms. The Morgan fingerprint density at radius 2 is 0.905 bits per heavy atom. The molecule has 0 fully saturated rings. The van der Waals surface area contributed by atoms with Crippen molar-refractivity contribution in [2.75, 3.05) is 6.61 Å². The summed E-state index contributed by atoms with van der Waals surface area (Å²) >= 11 is 0. The summed E-state index contributed by atoms with van der Waals surface area (Å²) < 4.78 is 49.9. The normalized spacial score (nSPS) is 11.9. The number of carbonyl (C=O) groups is 3. The van der Waals surface area contributed by atoms with Crippen molar-refractivity contribution in [3.63, 3.8) is 0 Å². The Morgan fingerprint density at radius 3 is 1.23 bits per heavy atom. The summed E-state index contributed by atoms with van der Waals surface area (Å²) in [5.74, 6) is 3.56. The molecule has 3 aromatic carbocycles. The lowest BCUT2D eigenvalue weighted by Crippen LogP contribution is -2.33. The zero-order valence-corrected chi connectivity index (χ0v) is 59.6. The van der Waals surface area contributed by atoms with Crippen molar-refractivity contribution >= 4 is 17.9 Å². The Hall–Kier alpha value is -4.65. The molecule has 0 spiro atoms. The largest absolute Gasteiger partial charge is 0.491 e. The van der Waals surface area contributed by atoms with Gasteiger partial charge >= 0.3 is 17.9 Å². The molecule has 0 bridgehead atoms. The standard InChI is InChI=1S/C18H28O3.C16H24O3.C14H20O3.C9H20O.C8H18O.C7H16O/c1-11(2)17(19)21-18(7,8)16-14(6)9-13(5)10-15(16)20-12(3)4;1-10(2)16(17)18-9-14-7-12(5)15(13(6)8-14)19-11(3)4;1-10(2)14(15)16-9-12-5-7-13(8-6-12)17-11(3)4;1-7(2)9(5,6)10-8(3)4;1-6(2)8(5)9-7(3)4;1-6(2)5-8-7(3)4/h9-12H,1-8H3;7-8,10-11H,9H2,1-6H3;5-8,10-11H,9H2,1-4H3;7-8H,1-6H3;6-8H,1-5H3;6-7H,5H2,1-4H3. The third-order valence-electron chi connectivity index (χ3n) is 12.2. The van der Waals surface area contributed by atoms with Crippen LogP contribution in [0, 0.1) is 63.2 Å². The molecule has 0 aromatic heterocycles. The molecule has 12 nitrogen and oxygen atoms in total. The highest BCUT2D eigenvalue weighted by atomic mass is 16.6. The van der Waals surface area contributed by atoms with Gasteiger partial charge in [0.25, 0.3) is 0 Å². The maximum Gasteiger partial charge on any atom is 0.309 e. The smallest absolute Gasteiger partial charge is 0.309 e. The number of rotatable bonds is 24. The number of aryl methyl sites for hydroxylation is 4. The molecule has 486 valence electrons. The molecule has 1 unspecified atom stereocenters. The maximum absolute atomic E-state index is 12.0. The summed E-state index contributed by atoms with van der Waals surface area (Å²) in [6.45, 7) is 68.2. The summed E-state index contributed by atoms with van der Waals surface area (Å²) in [6, 6.07) is 15.7. The average Bonchev–Trinajstić information content (AvgIpc) is 2.25. The van der Waals surface area contributed by atoms with Gasteiger partial charge in [-0.1, -0.05) is 101 Å². The number of ether oxygens (including phenoxy) is 9. The second-order valence-electron chi connectivity index (χ2n) is 26.6. The van der Waals surface area contributed by atoms with Gasteiger partial charge in [0.2, 0.25) is 0 Å². The van der Waals surface area contributed by atoms with Gasteiger partial charge in [0.05, 0.1) is 66.1 Å². The van der Waals surface area contributed by atoms with E-state index in [0.717, 1.165) is 62.8 Å². The quantitative estimate of drug-likeness (QED) is 0.0624. The van der Waals surface area contributed by atoms with Crippen molar-refractivity contribution in [2.45, 2.75) is 296 Å². The molecule has 84 heavy (non-hydrogen) atoms. The molecule has 0 heterocycles. The Labute approximate surface area is 515 Å². The fraction of sp³-hybridized carbons (Fsp3) is 0.708. The van der Waals surface area contributed by atoms with E-state index in [4.69, 9.17) is 42.6 Å². The van der Waals surface area contributed by atoms with Crippen LogP contribution in [0.5, 0.6) is 17.2 Å². The summed E-state index contributed by atoms with van der Waals surface area (Å²) in [4.78, 5) is 34.7. The monoisotopic (exact) mass is 1180 g/mol. The number of hydrogen-bond acceptors (Lipinski definition) is 12. The molecule has 1 atom stereocenters. The fourth-order valence-electron chi connectivity index (χ4n) is 7.31. The van der Waals surface area contributed by atoms with Crippen molar-refractivity contribution < 1.29 is 57.0 Å². The molecule has 0 aliphatic heterocycles. The molecule has 0 saturated carbocycles. The Morgan fingerprint density at radius 1 is 0.464 bits per heavy atom. The van der Waals surface area contributed by atoms with Crippen molar-refractivity contribution in [2.24, 2.45) is 35.5 Å². The van der Waals surface area contributed by atoms with Gasteiger partial charge in [-0.25, -0.2) is 0 Å². The second-order valence-corrected chi connectivity index (χ2v) is 26.6. The van der Waals surface area contributed by atoms with E-state index in [1.807, 2.05) is 167 Å². The van der Waals surface area contributed by atoms with Gasteiger partial charge in [-0.2, -0.15) is 0 Å². The van der Waals surface area contributed by atoms with Gasteiger partial charge in [-0.05, 0) is 227 Å². The van der Waals surface area contributed by atoms with Gasteiger partial charge in [0, 0.05) is 12.2 Å². The molecule has 0 saturated heterocycles. The van der Waals surface area contributed by atoms with Crippen LogP contribution in [0.2, 0.25) is 0 Å². The molecule has 3 rings (SSSR count). The van der Waals surface area contributed by atoms with E-state index in [0.29, 0.717) is 55.4 Å². The van der Waals surface area contributed by atoms with E-state index in [-0.39, 0.29) is 59.6 Å². The molecule has 0 N–H and O–H groups in total. The molecule has 0 amide bonds. The van der Waals surface area contributed by atoms with Crippen LogP contribution in [0.3, 0.4) is 0 Å². The molecule has 0 aliphatic rings. The minimum atomic E-state index is -0.719. The van der Waals surface area contributed by atoms with E-state index in [1.54, 1.807) is 0 Å². The van der Waals surface area contributed by atoms with Crippen molar-refractivity contribution in [1.29, 1.82) is 0 Å². The topological polar surface area (TPSA) is 134 Å². The van der Waals surface area contributed by atoms with E-state index in [2.05, 4.69) is 110 Å². The summed E-state index contributed by atoms with van der Waals surface area (Å²) in [5, 5.41) is 0. The van der Waals surface area contributed by atoms with E-state index in [9.17, 15) is 14.4 Å². The molecular weight excluding hydrogens is 1060 g/mol. The minimum absolute atomic E-state index is 0.0220. The summed E-state index contributed by atoms with van der Waals surface area (Å²) in [6.07, 6.45) is 1.87. The first kappa shape index (κ1) is 83.6.